The minimum Gasteiger partial charge on any atom is -0.388 e. The van der Waals surface area contributed by atoms with Crippen LogP contribution in [-0.4, -0.2) is 42.3 Å². The second-order valence-electron chi connectivity index (χ2n) is 6.70. The maximum absolute atomic E-state index is 10.8. The molecule has 1 saturated heterocycles. The molecule has 0 amide bonds. The van der Waals surface area contributed by atoms with Crippen LogP contribution in [0.1, 0.15) is 11.1 Å². The third-order valence-corrected chi connectivity index (χ3v) is 4.69. The van der Waals surface area contributed by atoms with E-state index in [1.165, 1.54) is 0 Å². The Morgan fingerprint density at radius 3 is 2.07 bits per heavy atom. The molecule has 1 fully saturated rings. The van der Waals surface area contributed by atoms with Crippen LogP contribution in [-0.2, 0) is 27.4 Å². The highest BCUT2D eigenvalue weighted by Gasteiger charge is 2.46. The van der Waals surface area contributed by atoms with Gasteiger partial charge >= 0.3 is 0 Å². The van der Waals surface area contributed by atoms with Gasteiger partial charge < -0.3 is 19.3 Å². The first-order valence-corrected chi connectivity index (χ1v) is 9.42. The highest BCUT2D eigenvalue weighted by atomic mass is 16.7. The molecule has 2 aromatic rings. The van der Waals surface area contributed by atoms with Crippen molar-refractivity contribution in [3.63, 3.8) is 0 Å². The molecule has 1 N–H and O–H groups in total. The summed E-state index contributed by atoms with van der Waals surface area (Å²) in [6.07, 6.45) is -3.93. The van der Waals surface area contributed by atoms with Gasteiger partial charge in [0, 0.05) is 9.82 Å². The Kier molecular flexibility index (Phi) is 8.05. The number of azide groups is 2. The summed E-state index contributed by atoms with van der Waals surface area (Å²) in [7, 11) is 0. The van der Waals surface area contributed by atoms with Gasteiger partial charge in [0.15, 0.2) is 6.29 Å². The zero-order valence-electron chi connectivity index (χ0n) is 16.1. The van der Waals surface area contributed by atoms with Crippen LogP contribution in [0.4, 0.5) is 0 Å². The van der Waals surface area contributed by atoms with Crippen molar-refractivity contribution in [1.82, 2.24) is 0 Å². The van der Waals surface area contributed by atoms with Crippen molar-refractivity contribution in [2.45, 2.75) is 43.9 Å². The SMILES string of the molecule is [N-]=[N+]=NC[C@H]1OC(OCc2ccccc2)C(N=[N+]=[N-])[C@@H](OCc2ccccc2)[C@@H]1O. The van der Waals surface area contributed by atoms with Crippen LogP contribution in [0.3, 0.4) is 0 Å². The lowest BCUT2D eigenvalue weighted by Crippen LogP contribution is -2.59. The highest BCUT2D eigenvalue weighted by Crippen LogP contribution is 2.29. The van der Waals surface area contributed by atoms with E-state index in [2.05, 4.69) is 20.1 Å². The Morgan fingerprint density at radius 2 is 1.50 bits per heavy atom. The van der Waals surface area contributed by atoms with E-state index < -0.39 is 30.6 Å². The number of hydrogen-bond acceptors (Lipinski definition) is 6. The van der Waals surface area contributed by atoms with Gasteiger partial charge in [0.1, 0.15) is 12.1 Å². The van der Waals surface area contributed by atoms with Crippen LogP contribution in [0.5, 0.6) is 0 Å². The number of rotatable bonds is 9. The average molecular weight is 410 g/mol. The van der Waals surface area contributed by atoms with Gasteiger partial charge in [0.05, 0.1) is 32.0 Å². The number of hydrogen-bond donors (Lipinski definition) is 1. The second kappa shape index (κ2) is 11.2. The quantitative estimate of drug-likeness (QED) is 0.380. The smallest absolute Gasteiger partial charge is 0.169 e. The average Bonchev–Trinajstić information content (AvgIpc) is 2.79. The molecule has 1 aliphatic heterocycles. The molecule has 1 aliphatic rings. The Labute approximate surface area is 173 Å². The largest absolute Gasteiger partial charge is 0.388 e. The number of aliphatic hydroxyl groups excluding tert-OH is 1. The molecule has 156 valence electrons. The van der Waals surface area contributed by atoms with Gasteiger partial charge in [-0.3, -0.25) is 0 Å². The van der Waals surface area contributed by atoms with Crippen molar-refractivity contribution in [1.29, 1.82) is 0 Å². The van der Waals surface area contributed by atoms with Crippen molar-refractivity contribution in [3.05, 3.63) is 92.7 Å². The summed E-state index contributed by atoms with van der Waals surface area (Å²) in [6, 6.07) is 17.9. The molecule has 0 spiro atoms. The van der Waals surface area contributed by atoms with Crippen LogP contribution < -0.4 is 0 Å². The van der Waals surface area contributed by atoms with Gasteiger partial charge in [-0.2, -0.15) is 0 Å². The van der Waals surface area contributed by atoms with Crippen molar-refractivity contribution >= 4 is 0 Å². The first-order valence-electron chi connectivity index (χ1n) is 9.42. The zero-order valence-corrected chi connectivity index (χ0v) is 16.1. The lowest BCUT2D eigenvalue weighted by molar-refractivity contribution is -0.269. The minimum atomic E-state index is -1.17. The Bertz CT molecular complexity index is 887. The number of nitrogens with zero attached hydrogens (tertiary/aromatic N) is 6. The van der Waals surface area contributed by atoms with Crippen LogP contribution in [0.15, 0.2) is 70.9 Å². The number of ether oxygens (including phenoxy) is 3. The molecule has 3 rings (SSSR count). The molecule has 0 aromatic heterocycles. The second-order valence-corrected chi connectivity index (χ2v) is 6.70. The molecule has 0 aliphatic carbocycles. The fraction of sp³-hybridized carbons (Fsp3) is 0.400. The molecule has 0 bridgehead atoms. The van der Waals surface area contributed by atoms with Gasteiger partial charge in [-0.1, -0.05) is 70.9 Å². The van der Waals surface area contributed by atoms with E-state index in [9.17, 15) is 5.11 Å². The first kappa shape index (κ1) is 21.6. The Morgan fingerprint density at radius 1 is 0.900 bits per heavy atom. The summed E-state index contributed by atoms with van der Waals surface area (Å²) in [4.78, 5) is 5.61. The fourth-order valence-corrected chi connectivity index (χ4v) is 3.20. The molecule has 1 heterocycles. The maximum Gasteiger partial charge on any atom is 0.169 e. The summed E-state index contributed by atoms with van der Waals surface area (Å²) >= 11 is 0. The Balaban J connectivity index is 1.79. The van der Waals surface area contributed by atoms with Gasteiger partial charge in [-0.25, -0.2) is 0 Å². The molecule has 10 nitrogen and oxygen atoms in total. The van der Waals surface area contributed by atoms with E-state index in [4.69, 9.17) is 25.3 Å². The lowest BCUT2D eigenvalue weighted by Gasteiger charge is -2.42. The number of benzene rings is 2. The molecular weight excluding hydrogens is 388 g/mol. The van der Waals surface area contributed by atoms with Crippen molar-refractivity contribution in [2.75, 3.05) is 6.54 Å². The summed E-state index contributed by atoms with van der Waals surface area (Å²) in [6.45, 7) is 0.287. The molecule has 0 radical (unpaired) electrons. The minimum absolute atomic E-state index is 0.114. The summed E-state index contributed by atoms with van der Waals surface area (Å²) in [5, 5.41) is 18.0. The lowest BCUT2D eigenvalue weighted by atomic mass is 9.97. The van der Waals surface area contributed by atoms with E-state index in [0.29, 0.717) is 0 Å². The molecule has 2 unspecified atom stereocenters. The summed E-state index contributed by atoms with van der Waals surface area (Å²) < 4.78 is 17.6. The number of aliphatic hydroxyl groups is 1. The van der Waals surface area contributed by atoms with Crippen LogP contribution >= 0.6 is 0 Å². The topological polar surface area (TPSA) is 145 Å². The van der Waals surface area contributed by atoms with E-state index in [1.807, 2.05) is 60.7 Å². The van der Waals surface area contributed by atoms with Crippen molar-refractivity contribution < 1.29 is 19.3 Å². The zero-order chi connectivity index (χ0) is 21.2. The fourth-order valence-electron chi connectivity index (χ4n) is 3.20. The van der Waals surface area contributed by atoms with Gasteiger partial charge in [-0.15, -0.1) is 0 Å². The van der Waals surface area contributed by atoms with Crippen LogP contribution in [0.2, 0.25) is 0 Å². The predicted molar refractivity (Wildman–Crippen MR) is 108 cm³/mol. The maximum atomic E-state index is 10.8. The third kappa shape index (κ3) is 5.71. The molecule has 30 heavy (non-hydrogen) atoms. The van der Waals surface area contributed by atoms with E-state index in [0.717, 1.165) is 11.1 Å². The first-order chi connectivity index (χ1) is 14.7. The molecule has 2 aromatic carbocycles. The van der Waals surface area contributed by atoms with Gasteiger partial charge in [-0.05, 0) is 22.2 Å². The Hall–Kier alpha value is -3.10. The normalized spacial score (nSPS) is 25.7. The molecule has 5 atom stereocenters. The molecular formula is C20H22N6O4. The van der Waals surface area contributed by atoms with Crippen LogP contribution in [0.25, 0.3) is 20.9 Å². The van der Waals surface area contributed by atoms with Crippen molar-refractivity contribution in [3.8, 4) is 0 Å². The molecule has 10 heteroatoms. The highest BCUT2D eigenvalue weighted by molar-refractivity contribution is 5.14. The summed E-state index contributed by atoms with van der Waals surface area (Å²) in [5.74, 6) is 0. The van der Waals surface area contributed by atoms with E-state index >= 15 is 0 Å². The third-order valence-electron chi connectivity index (χ3n) is 4.69. The van der Waals surface area contributed by atoms with Crippen LogP contribution in [0, 0.1) is 0 Å². The molecule has 0 saturated carbocycles. The van der Waals surface area contributed by atoms with E-state index in [-0.39, 0.29) is 19.8 Å². The standard InChI is InChI=1S/C20H22N6O4/c21-25-23-11-16-18(27)19(28-12-14-7-3-1-4-8-14)17(24-26-22)20(30-16)29-13-15-9-5-2-6-10-15/h1-10,16-20,27H,11-13H2/t16-,17?,18-,19-,20?/m1/s1. The monoisotopic (exact) mass is 410 g/mol. The van der Waals surface area contributed by atoms with Gasteiger partial charge in [0.25, 0.3) is 0 Å². The van der Waals surface area contributed by atoms with Crippen molar-refractivity contribution in [2.24, 2.45) is 10.2 Å². The van der Waals surface area contributed by atoms with Gasteiger partial charge in [0.2, 0.25) is 0 Å². The predicted octanol–water partition coefficient (Wildman–Crippen LogP) is 3.86. The summed E-state index contributed by atoms with van der Waals surface area (Å²) in [5.41, 5.74) is 19.5. The van der Waals surface area contributed by atoms with E-state index in [1.54, 1.807) is 0 Å².